The summed E-state index contributed by atoms with van der Waals surface area (Å²) in [5, 5.41) is 6.36. The van der Waals surface area contributed by atoms with Gasteiger partial charge in [-0.25, -0.2) is 0 Å². The molecule has 6 nitrogen and oxygen atoms in total. The van der Waals surface area contributed by atoms with E-state index in [1.165, 1.54) is 29.7 Å². The standard InChI is InChI=1S/C22H29N3O3/c1-4-6-7-8-9-18-10-12-19(13-11-18)22(27)25(14-5-2)16-21(26)23-20-15-17(3)28-24-20/h5,10-13,15H,2,4,6-9,14,16H2,1,3H3,(H,23,24,26). The summed E-state index contributed by atoms with van der Waals surface area (Å²) in [5.41, 5.74) is 1.78. The van der Waals surface area contributed by atoms with E-state index in [0.29, 0.717) is 17.1 Å². The fourth-order valence-electron chi connectivity index (χ4n) is 2.91. The molecule has 0 bridgehead atoms. The minimum absolute atomic E-state index is 0.0878. The first kappa shape index (κ1) is 21.4. The van der Waals surface area contributed by atoms with Gasteiger partial charge in [-0.15, -0.1) is 6.58 Å². The zero-order chi connectivity index (χ0) is 20.4. The third-order valence-electron chi connectivity index (χ3n) is 4.39. The monoisotopic (exact) mass is 383 g/mol. The SMILES string of the molecule is C=CCN(CC(=O)Nc1cc(C)on1)C(=O)c1ccc(CCCCCC)cc1. The highest BCUT2D eigenvalue weighted by atomic mass is 16.5. The predicted octanol–water partition coefficient (Wildman–Crippen LogP) is 4.37. The van der Waals surface area contributed by atoms with Crippen molar-refractivity contribution in [2.24, 2.45) is 0 Å². The van der Waals surface area contributed by atoms with Crippen LogP contribution >= 0.6 is 0 Å². The molecule has 1 N–H and O–H groups in total. The highest BCUT2D eigenvalue weighted by Crippen LogP contribution is 2.12. The van der Waals surface area contributed by atoms with Crippen LogP contribution in [0.1, 0.15) is 54.3 Å². The zero-order valence-corrected chi connectivity index (χ0v) is 16.7. The first-order valence-electron chi connectivity index (χ1n) is 9.75. The second-order valence-electron chi connectivity index (χ2n) is 6.85. The molecule has 28 heavy (non-hydrogen) atoms. The van der Waals surface area contributed by atoms with E-state index in [-0.39, 0.29) is 24.9 Å². The predicted molar refractivity (Wildman–Crippen MR) is 110 cm³/mol. The van der Waals surface area contributed by atoms with Gasteiger partial charge in [0, 0.05) is 18.2 Å². The normalized spacial score (nSPS) is 10.5. The molecule has 1 heterocycles. The van der Waals surface area contributed by atoms with Crippen LogP contribution in [0.3, 0.4) is 0 Å². The maximum absolute atomic E-state index is 12.8. The number of amides is 2. The lowest BCUT2D eigenvalue weighted by molar-refractivity contribution is -0.116. The minimum atomic E-state index is -0.337. The highest BCUT2D eigenvalue weighted by molar-refractivity contribution is 5.99. The van der Waals surface area contributed by atoms with Gasteiger partial charge in [-0.3, -0.25) is 9.59 Å². The van der Waals surface area contributed by atoms with E-state index in [4.69, 9.17) is 4.52 Å². The van der Waals surface area contributed by atoms with Crippen molar-refractivity contribution < 1.29 is 14.1 Å². The fraction of sp³-hybridized carbons (Fsp3) is 0.409. The number of hydrogen-bond acceptors (Lipinski definition) is 4. The molecule has 0 unspecified atom stereocenters. The van der Waals surface area contributed by atoms with E-state index >= 15 is 0 Å². The van der Waals surface area contributed by atoms with Crippen molar-refractivity contribution in [1.29, 1.82) is 0 Å². The van der Waals surface area contributed by atoms with Crippen molar-refractivity contribution in [3.63, 3.8) is 0 Å². The average Bonchev–Trinajstić information content (AvgIpc) is 3.09. The summed E-state index contributed by atoms with van der Waals surface area (Å²) in [7, 11) is 0. The Morgan fingerprint density at radius 1 is 1.21 bits per heavy atom. The summed E-state index contributed by atoms with van der Waals surface area (Å²) >= 11 is 0. The lowest BCUT2D eigenvalue weighted by Gasteiger charge is -2.20. The van der Waals surface area contributed by atoms with Gasteiger partial charge in [-0.05, 0) is 37.5 Å². The second kappa shape index (κ2) is 11.1. The van der Waals surface area contributed by atoms with Gasteiger partial charge in [-0.2, -0.15) is 0 Å². The Morgan fingerprint density at radius 2 is 1.96 bits per heavy atom. The van der Waals surface area contributed by atoms with Gasteiger partial charge in [-0.1, -0.05) is 49.6 Å². The van der Waals surface area contributed by atoms with Gasteiger partial charge in [0.1, 0.15) is 12.3 Å². The molecule has 0 spiro atoms. The summed E-state index contributed by atoms with van der Waals surface area (Å²) in [6.07, 6.45) is 7.48. The van der Waals surface area contributed by atoms with Crippen molar-refractivity contribution in [2.45, 2.75) is 46.0 Å². The van der Waals surface area contributed by atoms with E-state index in [1.807, 2.05) is 24.3 Å². The Kier molecular flexibility index (Phi) is 8.46. The number of carbonyl (C=O) groups excluding carboxylic acids is 2. The summed E-state index contributed by atoms with van der Waals surface area (Å²) in [6.45, 7) is 7.81. The third kappa shape index (κ3) is 6.68. The highest BCUT2D eigenvalue weighted by Gasteiger charge is 2.18. The number of anilines is 1. The topological polar surface area (TPSA) is 75.4 Å². The van der Waals surface area contributed by atoms with Crippen LogP contribution in [0.25, 0.3) is 0 Å². The molecule has 150 valence electrons. The van der Waals surface area contributed by atoms with Gasteiger partial charge < -0.3 is 14.7 Å². The fourth-order valence-corrected chi connectivity index (χ4v) is 2.91. The van der Waals surface area contributed by atoms with Crippen LogP contribution < -0.4 is 5.32 Å². The molecule has 1 aromatic carbocycles. The van der Waals surface area contributed by atoms with Gasteiger partial charge >= 0.3 is 0 Å². The average molecular weight is 383 g/mol. The molecule has 6 heteroatoms. The lowest BCUT2D eigenvalue weighted by Crippen LogP contribution is -2.38. The largest absolute Gasteiger partial charge is 0.360 e. The van der Waals surface area contributed by atoms with Crippen molar-refractivity contribution in [3.8, 4) is 0 Å². The molecule has 0 aliphatic heterocycles. The van der Waals surface area contributed by atoms with Gasteiger partial charge in [0.05, 0.1) is 0 Å². The number of benzene rings is 1. The number of nitrogens with zero attached hydrogens (tertiary/aromatic N) is 2. The summed E-state index contributed by atoms with van der Waals surface area (Å²) in [4.78, 5) is 26.5. The van der Waals surface area contributed by atoms with Crippen LogP contribution in [-0.2, 0) is 11.2 Å². The van der Waals surface area contributed by atoms with Crippen molar-refractivity contribution >= 4 is 17.6 Å². The van der Waals surface area contributed by atoms with E-state index in [1.54, 1.807) is 19.1 Å². The molecule has 0 fully saturated rings. The van der Waals surface area contributed by atoms with E-state index in [2.05, 4.69) is 24.0 Å². The quantitative estimate of drug-likeness (QED) is 0.462. The Hall–Kier alpha value is -2.89. The van der Waals surface area contributed by atoms with Crippen LogP contribution in [0.2, 0.25) is 0 Å². The Bertz CT molecular complexity index is 781. The van der Waals surface area contributed by atoms with Crippen LogP contribution in [0, 0.1) is 6.92 Å². The van der Waals surface area contributed by atoms with E-state index in [9.17, 15) is 9.59 Å². The molecule has 0 radical (unpaired) electrons. The second-order valence-corrected chi connectivity index (χ2v) is 6.85. The Labute approximate surface area is 166 Å². The van der Waals surface area contributed by atoms with Gasteiger partial charge in [0.25, 0.3) is 5.91 Å². The van der Waals surface area contributed by atoms with Crippen LogP contribution in [0.4, 0.5) is 5.82 Å². The molecule has 0 aliphatic carbocycles. The Balaban J connectivity index is 1.95. The molecule has 2 rings (SSSR count). The first-order chi connectivity index (χ1) is 13.5. The number of nitrogens with one attached hydrogen (secondary N) is 1. The number of aryl methyl sites for hydroxylation is 2. The number of hydrogen-bond donors (Lipinski definition) is 1. The molecular formula is C22H29N3O3. The summed E-state index contributed by atoms with van der Waals surface area (Å²) < 4.78 is 4.93. The van der Waals surface area contributed by atoms with E-state index in [0.717, 1.165) is 12.8 Å². The smallest absolute Gasteiger partial charge is 0.254 e. The first-order valence-corrected chi connectivity index (χ1v) is 9.75. The van der Waals surface area contributed by atoms with E-state index < -0.39 is 0 Å². The number of unbranched alkanes of at least 4 members (excludes halogenated alkanes) is 3. The molecule has 2 amide bonds. The third-order valence-corrected chi connectivity index (χ3v) is 4.39. The van der Waals surface area contributed by atoms with Gasteiger partial charge in [0.15, 0.2) is 5.82 Å². The molecule has 0 saturated carbocycles. The van der Waals surface area contributed by atoms with Crippen molar-refractivity contribution in [1.82, 2.24) is 10.1 Å². The maximum atomic E-state index is 12.8. The number of aromatic nitrogens is 1. The van der Waals surface area contributed by atoms with Crippen LogP contribution in [0.15, 0.2) is 47.5 Å². The zero-order valence-electron chi connectivity index (χ0n) is 16.7. The maximum Gasteiger partial charge on any atom is 0.254 e. The molecule has 1 aromatic heterocycles. The minimum Gasteiger partial charge on any atom is -0.360 e. The molecule has 0 atom stereocenters. The molecule has 2 aromatic rings. The molecule has 0 saturated heterocycles. The van der Waals surface area contributed by atoms with Gasteiger partial charge in [0.2, 0.25) is 5.91 Å². The van der Waals surface area contributed by atoms with Crippen LogP contribution in [0.5, 0.6) is 0 Å². The number of carbonyl (C=O) groups is 2. The summed E-state index contributed by atoms with van der Waals surface area (Å²) in [5.74, 6) is 0.394. The lowest BCUT2D eigenvalue weighted by atomic mass is 10.0. The summed E-state index contributed by atoms with van der Waals surface area (Å²) in [6, 6.07) is 9.25. The molecule has 0 aliphatic rings. The van der Waals surface area contributed by atoms with Crippen molar-refractivity contribution in [2.75, 3.05) is 18.4 Å². The Morgan fingerprint density at radius 3 is 2.57 bits per heavy atom. The van der Waals surface area contributed by atoms with Crippen molar-refractivity contribution in [3.05, 3.63) is 59.9 Å². The molecular weight excluding hydrogens is 354 g/mol. The number of rotatable bonds is 11. The van der Waals surface area contributed by atoms with Crippen LogP contribution in [-0.4, -0.2) is 35.0 Å².